The van der Waals surface area contributed by atoms with E-state index in [1.807, 2.05) is 18.5 Å². The lowest BCUT2D eigenvalue weighted by Gasteiger charge is -2.29. The average molecular weight is 271 g/mol. The summed E-state index contributed by atoms with van der Waals surface area (Å²) in [7, 11) is 0. The van der Waals surface area contributed by atoms with Gasteiger partial charge in [0.2, 0.25) is 0 Å². The number of nitrogens with two attached hydrogens (primary N) is 1. The molecule has 3 heterocycles. The van der Waals surface area contributed by atoms with Crippen LogP contribution in [0.15, 0.2) is 18.5 Å². The number of fused-ring (bicyclic) bond motifs is 1. The predicted molar refractivity (Wildman–Crippen MR) is 75.1 cm³/mol. The van der Waals surface area contributed by atoms with Gasteiger partial charge in [0, 0.05) is 37.5 Å². The van der Waals surface area contributed by atoms with E-state index in [2.05, 4.69) is 24.9 Å². The van der Waals surface area contributed by atoms with Crippen molar-refractivity contribution < 1.29 is 0 Å². The molecule has 7 heteroatoms. The summed E-state index contributed by atoms with van der Waals surface area (Å²) in [5.74, 6) is 9.63. The third-order valence-electron chi connectivity index (χ3n) is 3.89. The summed E-state index contributed by atoms with van der Waals surface area (Å²) in [6.45, 7) is 2.64. The summed E-state index contributed by atoms with van der Waals surface area (Å²) in [6, 6.07) is 1.91. The van der Waals surface area contributed by atoms with Crippen molar-refractivity contribution >= 4 is 11.6 Å². The van der Waals surface area contributed by atoms with Gasteiger partial charge in [-0.2, -0.15) is 0 Å². The second kappa shape index (κ2) is 4.45. The Morgan fingerprint density at radius 1 is 1.25 bits per heavy atom. The lowest BCUT2D eigenvalue weighted by Crippen LogP contribution is -2.34. The van der Waals surface area contributed by atoms with E-state index in [0.29, 0.717) is 11.7 Å². The van der Waals surface area contributed by atoms with Crippen LogP contribution in [-0.2, 0) is 13.1 Å². The highest BCUT2D eigenvalue weighted by atomic mass is 15.3. The number of rotatable bonds is 3. The minimum Gasteiger partial charge on any atom is -0.347 e. The molecule has 2 aromatic heterocycles. The second-order valence-corrected chi connectivity index (χ2v) is 5.35. The normalized spacial score (nSPS) is 17.9. The molecule has 1 aliphatic carbocycles. The van der Waals surface area contributed by atoms with Gasteiger partial charge in [-0.1, -0.05) is 0 Å². The van der Waals surface area contributed by atoms with Crippen molar-refractivity contribution in [3.63, 3.8) is 0 Å². The maximum Gasteiger partial charge on any atom is 0.145 e. The van der Waals surface area contributed by atoms with Crippen LogP contribution in [-0.4, -0.2) is 26.1 Å². The van der Waals surface area contributed by atoms with Gasteiger partial charge in [0.05, 0.1) is 6.54 Å². The van der Waals surface area contributed by atoms with Crippen LogP contribution in [0, 0.1) is 0 Å². The molecule has 0 saturated heterocycles. The monoisotopic (exact) mass is 271 g/mol. The molecule has 4 rings (SSSR count). The molecule has 0 radical (unpaired) electrons. The Morgan fingerprint density at radius 2 is 2.15 bits per heavy atom. The van der Waals surface area contributed by atoms with Gasteiger partial charge in [0.15, 0.2) is 0 Å². The number of hydrogen-bond acceptors (Lipinski definition) is 6. The molecule has 2 aliphatic rings. The zero-order chi connectivity index (χ0) is 13.5. The Labute approximate surface area is 116 Å². The minimum absolute atomic E-state index is 0.508. The first kappa shape index (κ1) is 11.7. The van der Waals surface area contributed by atoms with Crippen LogP contribution >= 0.6 is 0 Å². The molecule has 0 amide bonds. The number of imidazole rings is 1. The fourth-order valence-corrected chi connectivity index (χ4v) is 2.58. The quantitative estimate of drug-likeness (QED) is 0.636. The van der Waals surface area contributed by atoms with Crippen molar-refractivity contribution in [3.8, 4) is 0 Å². The van der Waals surface area contributed by atoms with E-state index in [-0.39, 0.29) is 0 Å². The third kappa shape index (κ3) is 2.00. The number of nitrogens with zero attached hydrogens (tertiary/aromatic N) is 5. The van der Waals surface area contributed by atoms with Crippen molar-refractivity contribution in [2.45, 2.75) is 31.8 Å². The Hall–Kier alpha value is -2.15. The number of hydrogen-bond donors (Lipinski definition) is 2. The molecular formula is C13H17N7. The number of nitrogens with one attached hydrogen (secondary N) is 1. The molecule has 7 nitrogen and oxygen atoms in total. The standard InChI is InChI=1S/C13H17N7/c14-18-10-7-11(17-13(16-10)9-1-2-9)20-6-5-19-4-3-15-12(19)8-20/h3-4,7,9H,1-2,5-6,8,14H2,(H,16,17,18). The van der Waals surface area contributed by atoms with Gasteiger partial charge in [-0.05, 0) is 12.8 Å². The Balaban J connectivity index is 1.66. The highest BCUT2D eigenvalue weighted by molar-refractivity contribution is 5.49. The van der Waals surface area contributed by atoms with Crippen LogP contribution in [0.4, 0.5) is 11.6 Å². The molecule has 0 aromatic carbocycles. The first-order valence-electron chi connectivity index (χ1n) is 6.94. The fourth-order valence-electron chi connectivity index (χ4n) is 2.58. The van der Waals surface area contributed by atoms with Crippen LogP contribution in [0.25, 0.3) is 0 Å². The van der Waals surface area contributed by atoms with E-state index in [4.69, 9.17) is 10.8 Å². The van der Waals surface area contributed by atoms with Crippen LogP contribution in [0.5, 0.6) is 0 Å². The molecule has 0 unspecified atom stereocenters. The van der Waals surface area contributed by atoms with Crippen molar-refractivity contribution in [3.05, 3.63) is 30.1 Å². The molecule has 1 aliphatic heterocycles. The number of anilines is 2. The summed E-state index contributed by atoms with van der Waals surface area (Å²) in [4.78, 5) is 15.8. The molecule has 20 heavy (non-hydrogen) atoms. The molecule has 0 bridgehead atoms. The summed E-state index contributed by atoms with van der Waals surface area (Å²) in [6.07, 6.45) is 6.23. The molecule has 1 saturated carbocycles. The Morgan fingerprint density at radius 3 is 2.95 bits per heavy atom. The van der Waals surface area contributed by atoms with Gasteiger partial charge >= 0.3 is 0 Å². The maximum absolute atomic E-state index is 5.52. The van der Waals surface area contributed by atoms with Gasteiger partial charge in [0.1, 0.15) is 23.3 Å². The lowest BCUT2D eigenvalue weighted by atomic mass is 10.3. The zero-order valence-electron chi connectivity index (χ0n) is 11.2. The van der Waals surface area contributed by atoms with Crippen LogP contribution in [0.3, 0.4) is 0 Å². The first-order valence-corrected chi connectivity index (χ1v) is 6.94. The van der Waals surface area contributed by atoms with Crippen molar-refractivity contribution in [1.29, 1.82) is 0 Å². The van der Waals surface area contributed by atoms with E-state index in [1.54, 1.807) is 0 Å². The topological polar surface area (TPSA) is 84.9 Å². The van der Waals surface area contributed by atoms with E-state index >= 15 is 0 Å². The van der Waals surface area contributed by atoms with E-state index in [9.17, 15) is 0 Å². The van der Waals surface area contributed by atoms with Crippen LogP contribution < -0.4 is 16.2 Å². The van der Waals surface area contributed by atoms with Crippen molar-refractivity contribution in [2.24, 2.45) is 5.84 Å². The van der Waals surface area contributed by atoms with Gasteiger partial charge in [-0.25, -0.2) is 20.8 Å². The first-order chi connectivity index (χ1) is 9.83. The summed E-state index contributed by atoms with van der Waals surface area (Å²) in [5, 5.41) is 0. The summed E-state index contributed by atoms with van der Waals surface area (Å²) in [5.41, 5.74) is 2.65. The average Bonchev–Trinajstić information content (AvgIpc) is 3.24. The molecule has 1 fully saturated rings. The van der Waals surface area contributed by atoms with Crippen LogP contribution in [0.1, 0.15) is 30.4 Å². The van der Waals surface area contributed by atoms with Crippen molar-refractivity contribution in [1.82, 2.24) is 19.5 Å². The summed E-state index contributed by atoms with van der Waals surface area (Å²) < 4.78 is 2.18. The lowest BCUT2D eigenvalue weighted by molar-refractivity contribution is 0.555. The van der Waals surface area contributed by atoms with E-state index in [1.165, 1.54) is 12.8 Å². The van der Waals surface area contributed by atoms with E-state index < -0.39 is 0 Å². The molecule has 3 N–H and O–H groups in total. The number of aromatic nitrogens is 4. The number of hydrazine groups is 1. The maximum atomic E-state index is 5.52. The van der Waals surface area contributed by atoms with Crippen LogP contribution in [0.2, 0.25) is 0 Å². The van der Waals surface area contributed by atoms with Gasteiger partial charge < -0.3 is 14.9 Å². The van der Waals surface area contributed by atoms with E-state index in [0.717, 1.165) is 37.1 Å². The summed E-state index contributed by atoms with van der Waals surface area (Å²) >= 11 is 0. The third-order valence-corrected chi connectivity index (χ3v) is 3.89. The fraction of sp³-hybridized carbons (Fsp3) is 0.462. The highest BCUT2D eigenvalue weighted by Gasteiger charge is 2.28. The minimum atomic E-state index is 0.508. The smallest absolute Gasteiger partial charge is 0.145 e. The van der Waals surface area contributed by atoms with Crippen molar-refractivity contribution in [2.75, 3.05) is 16.9 Å². The number of nitrogen functional groups attached to an aromatic ring is 1. The largest absolute Gasteiger partial charge is 0.347 e. The molecular weight excluding hydrogens is 254 g/mol. The SMILES string of the molecule is NNc1cc(N2CCn3ccnc3C2)nc(C2CC2)n1. The molecule has 0 spiro atoms. The van der Waals surface area contributed by atoms with Gasteiger partial charge in [0.25, 0.3) is 0 Å². The highest BCUT2D eigenvalue weighted by Crippen LogP contribution is 2.39. The molecule has 0 atom stereocenters. The molecule has 104 valence electrons. The molecule has 2 aromatic rings. The zero-order valence-corrected chi connectivity index (χ0v) is 11.2. The second-order valence-electron chi connectivity index (χ2n) is 5.35. The van der Waals surface area contributed by atoms with Gasteiger partial charge in [-0.3, -0.25) is 0 Å². The Kier molecular flexibility index (Phi) is 2.59. The predicted octanol–water partition coefficient (Wildman–Crippen LogP) is 0.856. The van der Waals surface area contributed by atoms with Gasteiger partial charge in [-0.15, -0.1) is 0 Å². The Bertz CT molecular complexity index is 631.